The molecule has 1 aromatic rings. The number of pyridine rings is 1. The lowest BCUT2D eigenvalue weighted by molar-refractivity contribution is 0.145. The molecule has 1 saturated heterocycles. The number of aryl methyl sites for hydroxylation is 1. The Morgan fingerprint density at radius 3 is 2.78 bits per heavy atom. The number of aromatic nitrogens is 1. The molecule has 6 nitrogen and oxygen atoms in total. The van der Waals surface area contributed by atoms with Crippen LogP contribution in [0.15, 0.2) is 17.4 Å². The van der Waals surface area contributed by atoms with E-state index in [4.69, 9.17) is 10.9 Å². The predicted octanol–water partition coefficient (Wildman–Crippen LogP) is 0.446. The lowest BCUT2D eigenvalue weighted by Crippen LogP contribution is -2.37. The van der Waals surface area contributed by atoms with Gasteiger partial charge in [0.2, 0.25) is 0 Å². The van der Waals surface area contributed by atoms with Crippen LogP contribution in [0.4, 0.5) is 5.82 Å². The molecule has 0 atom stereocenters. The van der Waals surface area contributed by atoms with Crippen molar-refractivity contribution in [2.75, 3.05) is 18.0 Å². The van der Waals surface area contributed by atoms with Crippen molar-refractivity contribution in [1.29, 1.82) is 0 Å². The van der Waals surface area contributed by atoms with Crippen molar-refractivity contribution in [1.82, 2.24) is 4.98 Å². The molecule has 18 heavy (non-hydrogen) atoms. The summed E-state index contributed by atoms with van der Waals surface area (Å²) in [5.41, 5.74) is 7.30. The third-order valence-corrected chi connectivity index (χ3v) is 3.27. The van der Waals surface area contributed by atoms with Crippen molar-refractivity contribution in [2.24, 2.45) is 10.9 Å². The quantitative estimate of drug-likeness (QED) is 0.306. The average molecular weight is 250 g/mol. The van der Waals surface area contributed by atoms with Crippen molar-refractivity contribution >= 4 is 11.7 Å². The normalized spacial score (nSPS) is 18.1. The van der Waals surface area contributed by atoms with Crippen LogP contribution in [0.2, 0.25) is 0 Å². The maximum atomic E-state index is 9.52. The number of aliphatic hydroxyl groups is 1. The first kappa shape index (κ1) is 12.6. The minimum absolute atomic E-state index is 0.0710. The van der Waals surface area contributed by atoms with Crippen LogP contribution >= 0.6 is 0 Å². The summed E-state index contributed by atoms with van der Waals surface area (Å²) < 4.78 is 0. The summed E-state index contributed by atoms with van der Waals surface area (Å²) in [6.07, 6.45) is 2.90. The first-order valence-electron chi connectivity index (χ1n) is 6.00. The van der Waals surface area contributed by atoms with E-state index in [-0.39, 0.29) is 11.9 Å². The third kappa shape index (κ3) is 2.38. The molecule has 0 unspecified atom stereocenters. The fraction of sp³-hybridized carbons (Fsp3) is 0.500. The number of amidine groups is 1. The summed E-state index contributed by atoms with van der Waals surface area (Å²) in [6, 6.07) is 1.83. The van der Waals surface area contributed by atoms with E-state index in [1.54, 1.807) is 6.20 Å². The van der Waals surface area contributed by atoms with E-state index in [0.29, 0.717) is 18.4 Å². The predicted molar refractivity (Wildman–Crippen MR) is 68.9 cm³/mol. The van der Waals surface area contributed by atoms with Gasteiger partial charge in [-0.05, 0) is 31.4 Å². The second-order valence-electron chi connectivity index (χ2n) is 4.53. The highest BCUT2D eigenvalue weighted by Gasteiger charge is 2.22. The van der Waals surface area contributed by atoms with Gasteiger partial charge in [0.05, 0.1) is 11.7 Å². The Bertz CT molecular complexity index is 453. The van der Waals surface area contributed by atoms with Gasteiger partial charge < -0.3 is 20.9 Å². The zero-order chi connectivity index (χ0) is 13.1. The molecule has 98 valence electrons. The van der Waals surface area contributed by atoms with Crippen LogP contribution in [-0.2, 0) is 0 Å². The second kappa shape index (κ2) is 5.22. The monoisotopic (exact) mass is 250 g/mol. The molecule has 0 aliphatic carbocycles. The minimum atomic E-state index is -0.238. The molecule has 0 amide bonds. The molecular weight excluding hydrogens is 232 g/mol. The summed E-state index contributed by atoms with van der Waals surface area (Å²) in [7, 11) is 0. The number of oxime groups is 1. The average Bonchev–Trinajstić information content (AvgIpc) is 2.38. The van der Waals surface area contributed by atoms with Crippen molar-refractivity contribution in [3.05, 3.63) is 23.4 Å². The van der Waals surface area contributed by atoms with Gasteiger partial charge in [-0.25, -0.2) is 4.98 Å². The Labute approximate surface area is 106 Å². The van der Waals surface area contributed by atoms with Gasteiger partial charge in [0, 0.05) is 19.3 Å². The molecule has 2 rings (SSSR count). The molecule has 1 fully saturated rings. The largest absolute Gasteiger partial charge is 0.409 e. The summed E-state index contributed by atoms with van der Waals surface area (Å²) in [4.78, 5) is 6.39. The van der Waals surface area contributed by atoms with Crippen molar-refractivity contribution < 1.29 is 10.3 Å². The number of nitrogens with two attached hydrogens (primary N) is 1. The Kier molecular flexibility index (Phi) is 3.66. The molecule has 1 aromatic heterocycles. The lowest BCUT2D eigenvalue weighted by atomic mass is 10.1. The maximum absolute atomic E-state index is 9.52. The van der Waals surface area contributed by atoms with E-state index in [2.05, 4.69) is 15.0 Å². The summed E-state index contributed by atoms with van der Waals surface area (Å²) in [5.74, 6) is 0.791. The molecule has 1 aliphatic heterocycles. The van der Waals surface area contributed by atoms with Crippen LogP contribution in [0.5, 0.6) is 0 Å². The van der Waals surface area contributed by atoms with E-state index < -0.39 is 0 Å². The molecule has 0 bridgehead atoms. The Hall–Kier alpha value is -1.82. The van der Waals surface area contributed by atoms with Gasteiger partial charge in [0.1, 0.15) is 5.82 Å². The van der Waals surface area contributed by atoms with Gasteiger partial charge >= 0.3 is 0 Å². The standard InChI is InChI=1S/C12H18N4O2/c1-8-2-5-14-12(10(8)11(13)15-18)16-6-3-9(17)4-7-16/h2,5,9,17-18H,3-4,6-7H2,1H3,(H2,13,15). The van der Waals surface area contributed by atoms with Gasteiger partial charge in [-0.1, -0.05) is 5.16 Å². The van der Waals surface area contributed by atoms with E-state index >= 15 is 0 Å². The number of nitrogens with zero attached hydrogens (tertiary/aromatic N) is 3. The highest BCUT2D eigenvalue weighted by Crippen LogP contribution is 2.24. The van der Waals surface area contributed by atoms with Gasteiger partial charge in [-0.15, -0.1) is 0 Å². The first-order chi connectivity index (χ1) is 8.63. The second-order valence-corrected chi connectivity index (χ2v) is 4.53. The van der Waals surface area contributed by atoms with Crippen LogP contribution in [0.1, 0.15) is 24.0 Å². The van der Waals surface area contributed by atoms with Gasteiger partial charge in [0.25, 0.3) is 0 Å². The zero-order valence-corrected chi connectivity index (χ0v) is 10.4. The zero-order valence-electron chi connectivity index (χ0n) is 10.4. The SMILES string of the molecule is Cc1ccnc(N2CCC(O)CC2)c1/C(N)=N/O. The highest BCUT2D eigenvalue weighted by molar-refractivity contribution is 6.02. The smallest absolute Gasteiger partial charge is 0.174 e. The Morgan fingerprint density at radius 1 is 1.50 bits per heavy atom. The molecule has 0 spiro atoms. The van der Waals surface area contributed by atoms with Crippen LogP contribution in [0.25, 0.3) is 0 Å². The summed E-state index contributed by atoms with van der Waals surface area (Å²) in [5, 5.41) is 21.4. The van der Waals surface area contributed by atoms with Crippen molar-refractivity contribution in [2.45, 2.75) is 25.9 Å². The fourth-order valence-electron chi connectivity index (χ4n) is 2.23. The molecular formula is C12H18N4O2. The number of hydrogen-bond acceptors (Lipinski definition) is 5. The van der Waals surface area contributed by atoms with Crippen LogP contribution in [0, 0.1) is 6.92 Å². The number of anilines is 1. The van der Waals surface area contributed by atoms with Gasteiger partial charge in [-0.2, -0.15) is 0 Å². The van der Waals surface area contributed by atoms with Crippen LogP contribution < -0.4 is 10.6 Å². The topological polar surface area (TPSA) is 95.0 Å². The molecule has 6 heteroatoms. The van der Waals surface area contributed by atoms with E-state index in [1.807, 2.05) is 13.0 Å². The van der Waals surface area contributed by atoms with E-state index in [9.17, 15) is 5.11 Å². The van der Waals surface area contributed by atoms with Crippen LogP contribution in [0.3, 0.4) is 0 Å². The molecule has 2 heterocycles. The van der Waals surface area contributed by atoms with Crippen molar-refractivity contribution in [3.63, 3.8) is 0 Å². The molecule has 0 aromatic carbocycles. The number of rotatable bonds is 2. The fourth-order valence-corrected chi connectivity index (χ4v) is 2.23. The van der Waals surface area contributed by atoms with E-state index in [0.717, 1.165) is 24.5 Å². The minimum Gasteiger partial charge on any atom is -0.409 e. The summed E-state index contributed by atoms with van der Waals surface area (Å²) in [6.45, 7) is 3.35. The summed E-state index contributed by atoms with van der Waals surface area (Å²) >= 11 is 0. The van der Waals surface area contributed by atoms with Crippen molar-refractivity contribution in [3.8, 4) is 0 Å². The van der Waals surface area contributed by atoms with E-state index in [1.165, 1.54) is 0 Å². The molecule has 0 saturated carbocycles. The number of piperidine rings is 1. The number of aliphatic hydroxyl groups excluding tert-OH is 1. The van der Waals surface area contributed by atoms with Gasteiger partial charge in [0.15, 0.2) is 5.84 Å². The van der Waals surface area contributed by atoms with Crippen LogP contribution in [-0.4, -0.2) is 40.3 Å². The molecule has 4 N–H and O–H groups in total. The first-order valence-corrected chi connectivity index (χ1v) is 6.00. The maximum Gasteiger partial charge on any atom is 0.174 e. The number of hydrogen-bond donors (Lipinski definition) is 3. The highest BCUT2D eigenvalue weighted by atomic mass is 16.4. The molecule has 1 aliphatic rings. The third-order valence-electron chi connectivity index (χ3n) is 3.27. The Balaban J connectivity index is 2.35. The van der Waals surface area contributed by atoms with Gasteiger partial charge in [-0.3, -0.25) is 0 Å². The Morgan fingerprint density at radius 2 is 2.17 bits per heavy atom. The molecule has 0 radical (unpaired) electrons. The lowest BCUT2D eigenvalue weighted by Gasteiger charge is -2.32.